The molecule has 0 N–H and O–H groups in total. The lowest BCUT2D eigenvalue weighted by Gasteiger charge is -2.16. The van der Waals surface area contributed by atoms with Crippen LogP contribution in [0.15, 0.2) is 42.5 Å². The van der Waals surface area contributed by atoms with Crippen molar-refractivity contribution in [2.24, 2.45) is 0 Å². The van der Waals surface area contributed by atoms with Crippen molar-refractivity contribution in [2.75, 3.05) is 5.88 Å². The van der Waals surface area contributed by atoms with Crippen LogP contribution in [0.5, 0.6) is 0 Å². The fourth-order valence-corrected chi connectivity index (χ4v) is 2.78. The second-order valence-electron chi connectivity index (χ2n) is 4.31. The fraction of sp³-hybridized carbons (Fsp3) is 0.200. The van der Waals surface area contributed by atoms with Crippen molar-refractivity contribution in [1.29, 1.82) is 0 Å². The molecule has 1 unspecified atom stereocenters. The second-order valence-corrected chi connectivity index (χ2v) is 5.44. The van der Waals surface area contributed by atoms with Crippen LogP contribution < -0.4 is 0 Å². The van der Waals surface area contributed by atoms with Crippen LogP contribution in [-0.4, -0.2) is 5.88 Å². The van der Waals surface area contributed by atoms with Gasteiger partial charge in [-0.25, -0.2) is 4.39 Å². The zero-order valence-corrected chi connectivity index (χ0v) is 12.3. The van der Waals surface area contributed by atoms with Crippen molar-refractivity contribution in [3.8, 4) is 0 Å². The smallest absolute Gasteiger partial charge is 0.123 e. The summed E-state index contributed by atoms with van der Waals surface area (Å²) in [6.45, 7) is 0. The first-order valence-electron chi connectivity index (χ1n) is 5.86. The Morgan fingerprint density at radius 2 is 1.74 bits per heavy atom. The highest BCUT2D eigenvalue weighted by Gasteiger charge is 2.16. The standard InChI is InChI=1S/C15H12Cl3F/c16-9-11(13-3-1-2-4-15(13)18)7-10-8-12(19)5-6-14(10)17/h1-6,8,11H,7,9H2. The van der Waals surface area contributed by atoms with Crippen molar-refractivity contribution in [3.63, 3.8) is 0 Å². The van der Waals surface area contributed by atoms with Crippen molar-refractivity contribution in [1.82, 2.24) is 0 Å². The average Bonchev–Trinajstić information content (AvgIpc) is 2.41. The van der Waals surface area contributed by atoms with Gasteiger partial charge in [0.05, 0.1) is 0 Å². The maximum absolute atomic E-state index is 13.3. The second kappa shape index (κ2) is 6.60. The molecule has 2 rings (SSSR count). The number of rotatable bonds is 4. The third kappa shape index (κ3) is 3.62. The van der Waals surface area contributed by atoms with Gasteiger partial charge < -0.3 is 0 Å². The third-order valence-electron chi connectivity index (χ3n) is 3.01. The monoisotopic (exact) mass is 316 g/mol. The third-order valence-corrected chi connectivity index (χ3v) is 4.09. The molecule has 4 heteroatoms. The van der Waals surface area contributed by atoms with Crippen LogP contribution in [0.25, 0.3) is 0 Å². The Morgan fingerprint density at radius 3 is 2.42 bits per heavy atom. The first kappa shape index (κ1) is 14.6. The molecule has 0 fully saturated rings. The quantitative estimate of drug-likeness (QED) is 0.635. The minimum Gasteiger partial charge on any atom is -0.207 e. The Kier molecular flexibility index (Phi) is 5.09. The number of hydrogen-bond acceptors (Lipinski definition) is 0. The summed E-state index contributed by atoms with van der Waals surface area (Å²) < 4.78 is 13.3. The van der Waals surface area contributed by atoms with Crippen LogP contribution in [0.2, 0.25) is 10.0 Å². The molecular weight excluding hydrogens is 306 g/mol. The number of halogens is 4. The van der Waals surface area contributed by atoms with E-state index in [2.05, 4.69) is 0 Å². The normalized spacial score (nSPS) is 12.4. The molecule has 0 saturated carbocycles. The molecule has 1 atom stereocenters. The zero-order chi connectivity index (χ0) is 13.8. The summed E-state index contributed by atoms with van der Waals surface area (Å²) in [4.78, 5) is 0. The van der Waals surface area contributed by atoms with Gasteiger partial charge in [0.2, 0.25) is 0 Å². The van der Waals surface area contributed by atoms with Crippen LogP contribution in [0.4, 0.5) is 4.39 Å². The SMILES string of the molecule is Fc1ccc(Cl)c(CC(CCl)c2ccccc2Cl)c1. The topological polar surface area (TPSA) is 0 Å². The Hall–Kier alpha value is -0.760. The molecule has 100 valence electrons. The number of hydrogen-bond donors (Lipinski definition) is 0. The van der Waals surface area contributed by atoms with Gasteiger partial charge in [-0.15, -0.1) is 11.6 Å². The molecule has 0 aromatic heterocycles. The van der Waals surface area contributed by atoms with Crippen molar-refractivity contribution in [3.05, 3.63) is 69.5 Å². The lowest BCUT2D eigenvalue weighted by molar-refractivity contribution is 0.623. The van der Waals surface area contributed by atoms with Crippen LogP contribution in [0.1, 0.15) is 17.0 Å². The van der Waals surface area contributed by atoms with E-state index >= 15 is 0 Å². The molecule has 0 bridgehead atoms. The fourth-order valence-electron chi connectivity index (χ4n) is 2.02. The molecule has 2 aromatic rings. The summed E-state index contributed by atoms with van der Waals surface area (Å²) in [6.07, 6.45) is 0.559. The van der Waals surface area contributed by atoms with Gasteiger partial charge in [-0.05, 0) is 41.8 Å². The van der Waals surface area contributed by atoms with E-state index in [4.69, 9.17) is 34.8 Å². The Labute approximate surface area is 127 Å². The molecular formula is C15H12Cl3F. The van der Waals surface area contributed by atoms with Crippen LogP contribution in [0, 0.1) is 5.82 Å². The molecule has 2 aromatic carbocycles. The van der Waals surface area contributed by atoms with Crippen LogP contribution in [0.3, 0.4) is 0 Å². The Balaban J connectivity index is 2.29. The lowest BCUT2D eigenvalue weighted by atomic mass is 9.93. The summed E-state index contributed by atoms with van der Waals surface area (Å²) in [7, 11) is 0. The van der Waals surface area contributed by atoms with E-state index in [1.165, 1.54) is 12.1 Å². The van der Waals surface area contributed by atoms with E-state index in [-0.39, 0.29) is 11.7 Å². The predicted molar refractivity (Wildman–Crippen MR) is 80.0 cm³/mol. The van der Waals surface area contributed by atoms with Crippen molar-refractivity contribution >= 4 is 34.8 Å². The van der Waals surface area contributed by atoms with Gasteiger partial charge in [-0.1, -0.05) is 41.4 Å². The van der Waals surface area contributed by atoms with E-state index in [1.807, 2.05) is 24.3 Å². The van der Waals surface area contributed by atoms with Gasteiger partial charge in [0.25, 0.3) is 0 Å². The van der Waals surface area contributed by atoms with E-state index in [9.17, 15) is 4.39 Å². The molecule has 0 aliphatic carbocycles. The summed E-state index contributed by atoms with van der Waals surface area (Å²) >= 11 is 18.3. The molecule has 19 heavy (non-hydrogen) atoms. The molecule has 0 saturated heterocycles. The van der Waals surface area contributed by atoms with Gasteiger partial charge in [0.15, 0.2) is 0 Å². The summed E-state index contributed by atoms with van der Waals surface area (Å²) in [5, 5.41) is 1.21. The number of benzene rings is 2. The highest BCUT2D eigenvalue weighted by atomic mass is 35.5. The molecule has 0 aliphatic rings. The minimum atomic E-state index is -0.299. The van der Waals surface area contributed by atoms with Crippen molar-refractivity contribution in [2.45, 2.75) is 12.3 Å². The van der Waals surface area contributed by atoms with E-state index in [1.54, 1.807) is 6.07 Å². The largest absolute Gasteiger partial charge is 0.207 e. The van der Waals surface area contributed by atoms with Gasteiger partial charge in [-0.2, -0.15) is 0 Å². The predicted octanol–water partition coefficient (Wildman–Crippen LogP) is 5.70. The van der Waals surface area contributed by atoms with E-state index in [0.717, 1.165) is 11.1 Å². The Morgan fingerprint density at radius 1 is 1.00 bits per heavy atom. The lowest BCUT2D eigenvalue weighted by Crippen LogP contribution is -2.06. The summed E-state index contributed by atoms with van der Waals surface area (Å²) in [5.74, 6) is 0.109. The molecule has 0 nitrogen and oxygen atoms in total. The first-order valence-corrected chi connectivity index (χ1v) is 7.15. The van der Waals surface area contributed by atoms with Gasteiger partial charge in [0, 0.05) is 21.8 Å². The van der Waals surface area contributed by atoms with Gasteiger partial charge >= 0.3 is 0 Å². The maximum Gasteiger partial charge on any atom is 0.123 e. The minimum absolute atomic E-state index is 0.00895. The van der Waals surface area contributed by atoms with E-state index in [0.29, 0.717) is 22.3 Å². The maximum atomic E-state index is 13.3. The van der Waals surface area contributed by atoms with Crippen molar-refractivity contribution < 1.29 is 4.39 Å². The molecule has 0 radical (unpaired) electrons. The van der Waals surface area contributed by atoms with Crippen LogP contribution >= 0.6 is 34.8 Å². The van der Waals surface area contributed by atoms with Gasteiger partial charge in [0.1, 0.15) is 5.82 Å². The average molecular weight is 318 g/mol. The highest BCUT2D eigenvalue weighted by molar-refractivity contribution is 6.32. The molecule has 0 amide bonds. The zero-order valence-electron chi connectivity index (χ0n) is 10.0. The first-order chi connectivity index (χ1) is 9.11. The molecule has 0 spiro atoms. The Bertz CT molecular complexity index is 569. The molecule has 0 aliphatic heterocycles. The van der Waals surface area contributed by atoms with Crippen LogP contribution in [-0.2, 0) is 6.42 Å². The summed E-state index contributed by atoms with van der Waals surface area (Å²) in [5.41, 5.74) is 1.70. The highest BCUT2D eigenvalue weighted by Crippen LogP contribution is 2.30. The van der Waals surface area contributed by atoms with E-state index < -0.39 is 0 Å². The van der Waals surface area contributed by atoms with Gasteiger partial charge in [-0.3, -0.25) is 0 Å². The summed E-state index contributed by atoms with van der Waals surface area (Å²) in [6, 6.07) is 11.9. The number of alkyl halides is 1. The molecule has 0 heterocycles.